The van der Waals surface area contributed by atoms with Gasteiger partial charge in [0.25, 0.3) is 5.78 Å². The average Bonchev–Trinajstić information content (AvgIpc) is 2.54. The second kappa shape index (κ2) is 9.01. The summed E-state index contributed by atoms with van der Waals surface area (Å²) in [6, 6.07) is 10.4. The molecule has 142 valence electrons. The zero-order valence-corrected chi connectivity index (χ0v) is 15.7. The van der Waals surface area contributed by atoms with E-state index in [4.69, 9.17) is 5.11 Å². The van der Waals surface area contributed by atoms with Crippen molar-refractivity contribution in [1.82, 2.24) is 0 Å². The molecule has 0 saturated carbocycles. The summed E-state index contributed by atoms with van der Waals surface area (Å²) >= 11 is 6.13. The molecule has 2 nitrogen and oxygen atoms in total. The molecule has 1 atom stereocenters. The number of benzene rings is 2. The Hall–Kier alpha value is -1.39. The first kappa shape index (κ1) is 22.7. The predicted octanol–water partition coefficient (Wildman–Crippen LogP) is 6.24. The van der Waals surface area contributed by atoms with Crippen molar-refractivity contribution in [3.8, 4) is 0 Å². The van der Waals surface area contributed by atoms with E-state index >= 15 is 0 Å². The third-order valence-electron chi connectivity index (χ3n) is 2.86. The van der Waals surface area contributed by atoms with E-state index in [9.17, 15) is 31.1 Å². The molecule has 2 aromatic carbocycles. The van der Waals surface area contributed by atoms with Crippen LogP contribution in [0.3, 0.4) is 0 Å². The maximum atomic E-state index is 12.0. The average molecular weight is 508 g/mol. The monoisotopic (exact) mass is 506 g/mol. The van der Waals surface area contributed by atoms with E-state index in [-0.39, 0.29) is 11.1 Å². The molecule has 2 aromatic rings. The number of rotatable bonds is 2. The van der Waals surface area contributed by atoms with Gasteiger partial charge < -0.3 is 5.11 Å². The summed E-state index contributed by atoms with van der Waals surface area (Å²) in [6.45, 7) is 0. The Morgan fingerprint density at radius 3 is 1.54 bits per heavy atom. The van der Waals surface area contributed by atoms with Crippen LogP contribution < -0.4 is 0 Å². The number of carbonyl (C=O) groups excluding carboxylic acids is 1. The van der Waals surface area contributed by atoms with Crippen LogP contribution in [-0.2, 0) is 0 Å². The smallest absolute Gasteiger partial charge is 0.379 e. The highest BCUT2D eigenvalue weighted by Crippen LogP contribution is 2.32. The number of ketones is 1. The molecule has 0 fully saturated rings. The first-order chi connectivity index (χ1) is 11.8. The van der Waals surface area contributed by atoms with Gasteiger partial charge >= 0.3 is 12.4 Å². The number of alkyl halides is 6. The lowest BCUT2D eigenvalue weighted by molar-refractivity contribution is -0.206. The van der Waals surface area contributed by atoms with Crippen molar-refractivity contribution in [1.29, 1.82) is 0 Å². The number of aliphatic hydroxyl groups excluding tert-OH is 1. The van der Waals surface area contributed by atoms with Crippen molar-refractivity contribution in [2.45, 2.75) is 18.5 Å². The van der Waals surface area contributed by atoms with Crippen LogP contribution in [0.25, 0.3) is 0 Å². The molecule has 0 heterocycles. The van der Waals surface area contributed by atoms with Gasteiger partial charge in [0.05, 0.1) is 0 Å². The highest BCUT2D eigenvalue weighted by Gasteiger charge is 2.39. The minimum Gasteiger partial charge on any atom is -0.379 e. The molecule has 0 aliphatic heterocycles. The highest BCUT2D eigenvalue weighted by molar-refractivity contribution is 9.10. The molecule has 2 rings (SSSR count). The molecule has 26 heavy (non-hydrogen) atoms. The topological polar surface area (TPSA) is 37.3 Å². The van der Waals surface area contributed by atoms with Crippen LogP contribution in [0.15, 0.2) is 57.5 Å². The number of hydrogen-bond acceptors (Lipinski definition) is 2. The molecule has 0 aliphatic rings. The van der Waals surface area contributed by atoms with Gasteiger partial charge in [-0.05, 0) is 42.0 Å². The number of halogens is 8. The second-order valence-corrected chi connectivity index (χ2v) is 6.66. The Balaban J connectivity index is 0.000000260. The fourth-order valence-corrected chi connectivity index (χ4v) is 2.13. The fraction of sp³-hybridized carbons (Fsp3) is 0.188. The van der Waals surface area contributed by atoms with Gasteiger partial charge in [0.15, 0.2) is 6.10 Å². The predicted molar refractivity (Wildman–Crippen MR) is 89.7 cm³/mol. The summed E-state index contributed by atoms with van der Waals surface area (Å²) in [4.78, 5) is 10.6. The zero-order valence-electron chi connectivity index (χ0n) is 12.6. The van der Waals surface area contributed by atoms with Crippen LogP contribution in [-0.4, -0.2) is 23.2 Å². The molecule has 0 aliphatic carbocycles. The molecule has 10 heteroatoms. The molecular weight excluding hydrogens is 498 g/mol. The molecular formula is C16H10Br2F6O2. The van der Waals surface area contributed by atoms with E-state index in [1.807, 2.05) is 0 Å². The minimum atomic E-state index is -4.80. The molecule has 1 unspecified atom stereocenters. The Labute approximate surface area is 161 Å². The SMILES string of the molecule is O=C(c1ccc(Br)cc1)C(F)(F)F.OC(c1ccc(Br)cc1)C(F)(F)F. The van der Waals surface area contributed by atoms with Crippen molar-refractivity contribution in [3.63, 3.8) is 0 Å². The van der Waals surface area contributed by atoms with E-state index in [0.717, 1.165) is 12.1 Å². The lowest BCUT2D eigenvalue weighted by Crippen LogP contribution is -2.22. The number of Topliss-reactive ketones (excluding diaryl/α,β-unsaturated/α-hetero) is 1. The first-order valence-electron chi connectivity index (χ1n) is 6.69. The van der Waals surface area contributed by atoms with Crippen LogP contribution in [0.2, 0.25) is 0 Å². The summed E-state index contributed by atoms with van der Waals surface area (Å²) in [5, 5.41) is 8.81. The van der Waals surface area contributed by atoms with Crippen LogP contribution in [0.4, 0.5) is 26.3 Å². The van der Waals surface area contributed by atoms with E-state index in [0.29, 0.717) is 8.95 Å². The number of hydrogen-bond donors (Lipinski definition) is 1. The third kappa shape index (κ3) is 7.08. The Kier molecular flexibility index (Phi) is 7.85. The molecule has 0 amide bonds. The maximum absolute atomic E-state index is 12.0. The normalized spacial score (nSPS) is 12.8. The molecule has 1 N–H and O–H groups in total. The standard InChI is InChI=1S/C8H6BrF3O.C8H4BrF3O/c2*9-6-3-1-5(2-4-6)7(13)8(10,11)12/h1-4,7,13H;1-4H. The lowest BCUT2D eigenvalue weighted by Gasteiger charge is -2.14. The fourth-order valence-electron chi connectivity index (χ4n) is 1.60. The van der Waals surface area contributed by atoms with Crippen LogP contribution in [0, 0.1) is 0 Å². The van der Waals surface area contributed by atoms with Gasteiger partial charge in [-0.3, -0.25) is 4.79 Å². The van der Waals surface area contributed by atoms with Crippen molar-refractivity contribution in [2.24, 2.45) is 0 Å². The largest absolute Gasteiger partial charge is 0.454 e. The Bertz CT molecular complexity index is 724. The zero-order chi connectivity index (χ0) is 20.1. The quantitative estimate of drug-likeness (QED) is 0.386. The highest BCUT2D eigenvalue weighted by atomic mass is 79.9. The van der Waals surface area contributed by atoms with Crippen LogP contribution >= 0.6 is 31.9 Å². The summed E-state index contributed by atoms with van der Waals surface area (Å²) < 4.78 is 72.8. The van der Waals surface area contributed by atoms with Gasteiger partial charge in [-0.1, -0.05) is 44.0 Å². The summed E-state index contributed by atoms with van der Waals surface area (Å²) in [5.41, 5.74) is -0.508. The van der Waals surface area contributed by atoms with Crippen molar-refractivity contribution >= 4 is 37.6 Å². The van der Waals surface area contributed by atoms with Gasteiger partial charge in [-0.15, -0.1) is 0 Å². The van der Waals surface area contributed by atoms with Gasteiger partial charge in [0.1, 0.15) is 0 Å². The van der Waals surface area contributed by atoms with Gasteiger partial charge in [0, 0.05) is 14.5 Å². The second-order valence-electron chi connectivity index (χ2n) is 4.83. The summed E-state index contributed by atoms with van der Waals surface area (Å²) in [5.74, 6) is -1.82. The van der Waals surface area contributed by atoms with E-state index in [2.05, 4.69) is 31.9 Å². The molecule has 0 radical (unpaired) electrons. The maximum Gasteiger partial charge on any atom is 0.454 e. The van der Waals surface area contributed by atoms with Gasteiger partial charge in [-0.2, -0.15) is 26.3 Å². The van der Waals surface area contributed by atoms with E-state index in [1.165, 1.54) is 36.4 Å². The number of carbonyl (C=O) groups is 1. The molecule has 0 spiro atoms. The minimum absolute atomic E-state index is 0.157. The Morgan fingerprint density at radius 1 is 0.808 bits per heavy atom. The molecule has 0 bridgehead atoms. The summed E-state index contributed by atoms with van der Waals surface area (Å²) in [6.07, 6.45) is -11.8. The Morgan fingerprint density at radius 2 is 1.19 bits per heavy atom. The van der Waals surface area contributed by atoms with Gasteiger partial charge in [-0.25, -0.2) is 0 Å². The number of aliphatic hydroxyl groups is 1. The van der Waals surface area contributed by atoms with Crippen LogP contribution in [0.1, 0.15) is 22.0 Å². The van der Waals surface area contributed by atoms with E-state index < -0.39 is 24.2 Å². The third-order valence-corrected chi connectivity index (χ3v) is 3.92. The first-order valence-corrected chi connectivity index (χ1v) is 8.28. The molecule has 0 saturated heterocycles. The van der Waals surface area contributed by atoms with Crippen molar-refractivity contribution < 1.29 is 36.2 Å². The van der Waals surface area contributed by atoms with Crippen LogP contribution in [0.5, 0.6) is 0 Å². The summed E-state index contributed by atoms with van der Waals surface area (Å²) in [7, 11) is 0. The van der Waals surface area contributed by atoms with Crippen molar-refractivity contribution in [2.75, 3.05) is 0 Å². The molecule has 0 aromatic heterocycles. The van der Waals surface area contributed by atoms with Crippen molar-refractivity contribution in [3.05, 3.63) is 68.6 Å². The lowest BCUT2D eigenvalue weighted by atomic mass is 10.1. The van der Waals surface area contributed by atoms with Gasteiger partial charge in [0.2, 0.25) is 0 Å². The van der Waals surface area contributed by atoms with E-state index in [1.54, 1.807) is 0 Å².